The third kappa shape index (κ3) is 4.07. The van der Waals surface area contributed by atoms with Crippen molar-refractivity contribution in [3.05, 3.63) is 58.7 Å². The second-order valence-corrected chi connectivity index (χ2v) is 18.0. The molecule has 0 aromatic heterocycles. The van der Waals surface area contributed by atoms with Crippen LogP contribution in [0.5, 0.6) is 0 Å². The SMILES string of the molecule is CC1(C)CC[C@]2(C(=O)N[C@H]3CCCc4ccccc43)CC[C@]3(C)[C@H](C(=O)C=C4[C@@]5(C)C=C(C#N)C(=O)C(C)(C)[C@@H]5CC[C@]43C)[C@@H]2C1. The maximum absolute atomic E-state index is 14.8. The van der Waals surface area contributed by atoms with Crippen molar-refractivity contribution in [3.63, 3.8) is 0 Å². The number of amides is 1. The maximum Gasteiger partial charge on any atom is 0.227 e. The van der Waals surface area contributed by atoms with Gasteiger partial charge in [-0.1, -0.05) is 84.4 Å². The summed E-state index contributed by atoms with van der Waals surface area (Å²) in [5, 5.41) is 13.6. The van der Waals surface area contributed by atoms with E-state index >= 15 is 0 Å². The van der Waals surface area contributed by atoms with Crippen LogP contribution in [0.4, 0.5) is 0 Å². The first-order chi connectivity index (χ1) is 21.5. The number of carbonyl (C=O) groups excluding carboxylic acids is 3. The quantitative estimate of drug-likeness (QED) is 0.360. The van der Waals surface area contributed by atoms with Crippen LogP contribution in [0.2, 0.25) is 0 Å². The molecule has 1 N–H and O–H groups in total. The van der Waals surface area contributed by atoms with Gasteiger partial charge in [0, 0.05) is 16.7 Å². The van der Waals surface area contributed by atoms with E-state index in [-0.39, 0.29) is 63.1 Å². The molecule has 5 nitrogen and oxygen atoms in total. The molecule has 5 heteroatoms. The lowest BCUT2D eigenvalue weighted by Gasteiger charge is -2.69. The largest absolute Gasteiger partial charge is 0.349 e. The predicted molar refractivity (Wildman–Crippen MR) is 179 cm³/mol. The van der Waals surface area contributed by atoms with Crippen molar-refractivity contribution >= 4 is 17.5 Å². The molecule has 3 saturated carbocycles. The van der Waals surface area contributed by atoms with Gasteiger partial charge in [0.05, 0.1) is 17.0 Å². The van der Waals surface area contributed by atoms with Gasteiger partial charge in [-0.25, -0.2) is 0 Å². The number of benzene rings is 1. The summed E-state index contributed by atoms with van der Waals surface area (Å²) < 4.78 is 0. The topological polar surface area (TPSA) is 87.0 Å². The van der Waals surface area contributed by atoms with Gasteiger partial charge in [-0.2, -0.15) is 5.26 Å². The second-order valence-electron chi connectivity index (χ2n) is 18.0. The third-order valence-corrected chi connectivity index (χ3v) is 15.0. The molecule has 6 aliphatic carbocycles. The van der Waals surface area contributed by atoms with Crippen molar-refractivity contribution in [1.82, 2.24) is 5.32 Å². The number of fused-ring (bicyclic) bond motifs is 8. The molecular formula is C41H52N2O3. The van der Waals surface area contributed by atoms with Crippen LogP contribution in [0.1, 0.15) is 123 Å². The zero-order valence-electron chi connectivity index (χ0n) is 29.0. The van der Waals surface area contributed by atoms with Crippen LogP contribution in [-0.4, -0.2) is 17.5 Å². The molecule has 1 aromatic carbocycles. The van der Waals surface area contributed by atoms with Gasteiger partial charge in [0.2, 0.25) is 5.91 Å². The first-order valence-corrected chi connectivity index (χ1v) is 17.9. The summed E-state index contributed by atoms with van der Waals surface area (Å²) in [5.41, 5.74) is 1.59. The molecule has 0 heterocycles. The summed E-state index contributed by atoms with van der Waals surface area (Å²) in [6.07, 6.45) is 13.0. The van der Waals surface area contributed by atoms with Crippen molar-refractivity contribution in [3.8, 4) is 6.07 Å². The van der Waals surface area contributed by atoms with Crippen LogP contribution >= 0.6 is 0 Å². The van der Waals surface area contributed by atoms with Crippen molar-refractivity contribution < 1.29 is 14.4 Å². The zero-order chi connectivity index (χ0) is 33.1. The molecule has 0 unspecified atom stereocenters. The lowest BCUT2D eigenvalue weighted by molar-refractivity contribution is -0.178. The van der Waals surface area contributed by atoms with Gasteiger partial charge < -0.3 is 5.32 Å². The minimum atomic E-state index is -0.678. The molecule has 0 radical (unpaired) electrons. The van der Waals surface area contributed by atoms with Crippen LogP contribution in [0.25, 0.3) is 0 Å². The number of nitriles is 1. The molecule has 1 aromatic rings. The number of allylic oxidation sites excluding steroid dienone is 4. The number of aryl methyl sites for hydroxylation is 1. The molecular weight excluding hydrogens is 568 g/mol. The van der Waals surface area contributed by atoms with Crippen LogP contribution in [0, 0.1) is 61.6 Å². The summed E-state index contributed by atoms with van der Waals surface area (Å²) >= 11 is 0. The number of carbonyl (C=O) groups is 3. The monoisotopic (exact) mass is 620 g/mol. The molecule has 244 valence electrons. The summed E-state index contributed by atoms with van der Waals surface area (Å²) in [5.74, 6) is -0.00751. The van der Waals surface area contributed by atoms with E-state index in [0.717, 1.165) is 69.8 Å². The fraction of sp³-hybridized carbons (Fsp3) is 0.659. The van der Waals surface area contributed by atoms with Crippen molar-refractivity contribution in [2.24, 2.45) is 50.2 Å². The fourth-order valence-electron chi connectivity index (χ4n) is 12.2. The minimum absolute atomic E-state index is 0.0236. The van der Waals surface area contributed by atoms with E-state index in [1.54, 1.807) is 0 Å². The molecule has 0 saturated heterocycles. The van der Waals surface area contributed by atoms with E-state index in [2.05, 4.69) is 70.3 Å². The van der Waals surface area contributed by atoms with Gasteiger partial charge in [-0.15, -0.1) is 0 Å². The van der Waals surface area contributed by atoms with Crippen LogP contribution in [0.15, 0.2) is 47.6 Å². The maximum atomic E-state index is 14.8. The number of rotatable bonds is 2. The van der Waals surface area contributed by atoms with Gasteiger partial charge >= 0.3 is 0 Å². The van der Waals surface area contributed by atoms with E-state index in [1.807, 2.05) is 26.0 Å². The first-order valence-electron chi connectivity index (χ1n) is 17.9. The fourth-order valence-corrected chi connectivity index (χ4v) is 12.2. The van der Waals surface area contributed by atoms with Crippen LogP contribution < -0.4 is 5.32 Å². The Bertz CT molecular complexity index is 1640. The minimum Gasteiger partial charge on any atom is -0.349 e. The molecule has 46 heavy (non-hydrogen) atoms. The summed E-state index contributed by atoms with van der Waals surface area (Å²) in [6, 6.07) is 10.8. The summed E-state index contributed by atoms with van der Waals surface area (Å²) in [4.78, 5) is 43.0. The Morgan fingerprint density at radius 2 is 1.65 bits per heavy atom. The highest BCUT2D eigenvalue weighted by Crippen LogP contribution is 2.74. The zero-order valence-corrected chi connectivity index (χ0v) is 29.0. The standard InChI is InChI=1S/C41H52N2O3/c1-36(2)17-19-41(35(46)43-29-14-10-12-25-11-8-9-13-27(25)29)20-18-40(7)33(28(41)23-36)30(44)21-32-38(5)22-26(24-42)34(45)37(3,4)31(38)15-16-39(32,40)6/h8-9,11,13,21-22,28-29,31,33H,10,12,14-20,23H2,1-7H3,(H,43,46)/t28-,29-,31-,33-,38-,39+,40+,41-/m0/s1. The lowest BCUT2D eigenvalue weighted by atomic mass is 9.34. The van der Waals surface area contributed by atoms with Crippen molar-refractivity contribution in [2.75, 3.05) is 0 Å². The molecule has 6 aliphatic rings. The number of hydrogen-bond acceptors (Lipinski definition) is 4. The van der Waals surface area contributed by atoms with Crippen LogP contribution in [-0.2, 0) is 20.8 Å². The second kappa shape index (κ2) is 10.0. The Morgan fingerprint density at radius 3 is 2.39 bits per heavy atom. The molecule has 7 rings (SSSR count). The van der Waals surface area contributed by atoms with Crippen molar-refractivity contribution in [2.45, 2.75) is 119 Å². The van der Waals surface area contributed by atoms with Gasteiger partial charge in [0.1, 0.15) is 6.07 Å². The Kier molecular flexibility index (Phi) is 6.87. The van der Waals surface area contributed by atoms with E-state index in [0.29, 0.717) is 0 Å². The Balaban J connectivity index is 1.31. The number of nitrogens with one attached hydrogen (secondary N) is 1. The smallest absolute Gasteiger partial charge is 0.227 e. The molecule has 0 bridgehead atoms. The average molecular weight is 621 g/mol. The van der Waals surface area contributed by atoms with Crippen molar-refractivity contribution in [1.29, 1.82) is 5.26 Å². The van der Waals surface area contributed by atoms with Gasteiger partial charge in [-0.3, -0.25) is 14.4 Å². The average Bonchev–Trinajstić information content (AvgIpc) is 3.00. The highest BCUT2D eigenvalue weighted by Gasteiger charge is 2.70. The predicted octanol–water partition coefficient (Wildman–Crippen LogP) is 8.40. The molecule has 8 atom stereocenters. The Labute approximate surface area is 275 Å². The van der Waals surface area contributed by atoms with Crippen LogP contribution in [0.3, 0.4) is 0 Å². The van der Waals surface area contributed by atoms with Gasteiger partial charge in [0.15, 0.2) is 11.6 Å². The number of Topliss-reactive ketones (excluding diaryl/α,β-unsaturated/α-hetero) is 1. The van der Waals surface area contributed by atoms with E-state index in [9.17, 15) is 19.6 Å². The summed E-state index contributed by atoms with van der Waals surface area (Å²) in [7, 11) is 0. The Hall–Kier alpha value is -3.00. The first kappa shape index (κ1) is 31.6. The Morgan fingerprint density at radius 1 is 0.935 bits per heavy atom. The molecule has 0 spiro atoms. The van der Waals surface area contributed by atoms with E-state index in [4.69, 9.17) is 0 Å². The summed E-state index contributed by atoms with van der Waals surface area (Å²) in [6.45, 7) is 15.5. The number of ketones is 2. The molecule has 1 amide bonds. The lowest BCUT2D eigenvalue weighted by Crippen LogP contribution is -2.66. The normalized spacial score (nSPS) is 42.0. The third-order valence-electron chi connectivity index (χ3n) is 15.0. The highest BCUT2D eigenvalue weighted by molar-refractivity contribution is 6.04. The van der Waals surface area contributed by atoms with Gasteiger partial charge in [0.25, 0.3) is 0 Å². The highest BCUT2D eigenvalue weighted by atomic mass is 16.2. The molecule has 3 fully saturated rings. The van der Waals surface area contributed by atoms with E-state index in [1.165, 1.54) is 11.1 Å². The number of hydrogen-bond donors (Lipinski definition) is 1. The number of nitrogens with zero attached hydrogens (tertiary/aromatic N) is 1. The van der Waals surface area contributed by atoms with E-state index < -0.39 is 16.2 Å². The molecule has 0 aliphatic heterocycles. The van der Waals surface area contributed by atoms with Gasteiger partial charge in [-0.05, 0) is 109 Å².